The van der Waals surface area contributed by atoms with Crippen LogP contribution in [0, 0.1) is 5.92 Å². The second-order valence-corrected chi connectivity index (χ2v) is 6.09. The monoisotopic (exact) mass is 312 g/mol. The van der Waals surface area contributed by atoms with Crippen LogP contribution in [0.3, 0.4) is 0 Å². The Morgan fingerprint density at radius 2 is 2.29 bits per heavy atom. The lowest BCUT2D eigenvalue weighted by Gasteiger charge is -2.34. The smallest absolute Gasteiger partial charge is 0.355 e. The van der Waals surface area contributed by atoms with Crippen molar-refractivity contribution in [2.24, 2.45) is 5.92 Å². The molecule has 1 heterocycles. The van der Waals surface area contributed by atoms with Crippen molar-refractivity contribution in [1.29, 1.82) is 0 Å². The number of carboxylic acid groups (broad SMARTS) is 1. The number of carbonyl (C=O) groups excluding carboxylic acids is 1. The Labute approximate surface area is 127 Å². The molecular formula is C14H20N2O4S. The molecule has 0 radical (unpaired) electrons. The van der Waals surface area contributed by atoms with Crippen molar-refractivity contribution in [2.45, 2.75) is 38.7 Å². The van der Waals surface area contributed by atoms with Crippen molar-refractivity contribution < 1.29 is 19.4 Å². The number of hydrogen-bond donors (Lipinski definition) is 2. The Bertz CT molecular complexity index is 497. The lowest BCUT2D eigenvalue weighted by Crippen LogP contribution is -2.36. The number of hydrogen-bond acceptors (Lipinski definition) is 5. The van der Waals surface area contributed by atoms with Gasteiger partial charge in [0.2, 0.25) is 5.91 Å². The topological polar surface area (TPSA) is 88.5 Å². The molecule has 2 rings (SSSR count). The van der Waals surface area contributed by atoms with Crippen LogP contribution >= 0.6 is 11.3 Å². The molecule has 1 aliphatic rings. The summed E-state index contributed by atoms with van der Waals surface area (Å²) in [4.78, 5) is 26.4. The molecule has 6 nitrogen and oxygen atoms in total. The van der Waals surface area contributed by atoms with Crippen LogP contribution in [0.5, 0.6) is 0 Å². The maximum absolute atomic E-state index is 11.8. The summed E-state index contributed by atoms with van der Waals surface area (Å²) >= 11 is 1.31. The van der Waals surface area contributed by atoms with Gasteiger partial charge in [0.25, 0.3) is 0 Å². The normalized spacial score (nSPS) is 20.8. The van der Waals surface area contributed by atoms with E-state index < -0.39 is 5.97 Å². The number of thiazole rings is 1. The minimum absolute atomic E-state index is 0.0463. The first-order valence-electron chi connectivity index (χ1n) is 7.14. The summed E-state index contributed by atoms with van der Waals surface area (Å²) in [5, 5.41) is 13.9. The summed E-state index contributed by atoms with van der Waals surface area (Å²) in [6, 6.07) is 0. The number of amides is 1. The third-order valence-corrected chi connectivity index (χ3v) is 4.41. The molecule has 21 heavy (non-hydrogen) atoms. The van der Waals surface area contributed by atoms with Gasteiger partial charge in [-0.1, -0.05) is 0 Å². The molecular weight excluding hydrogens is 292 g/mol. The molecule has 1 saturated carbocycles. The minimum atomic E-state index is -1.02. The van der Waals surface area contributed by atoms with E-state index in [4.69, 9.17) is 9.84 Å². The highest BCUT2D eigenvalue weighted by Gasteiger charge is 2.30. The first-order chi connectivity index (χ1) is 10.1. The van der Waals surface area contributed by atoms with Gasteiger partial charge in [-0.05, 0) is 25.7 Å². The summed E-state index contributed by atoms with van der Waals surface area (Å²) in [6.45, 7) is 3.21. The number of aromatic nitrogens is 1. The molecule has 2 N–H and O–H groups in total. The van der Waals surface area contributed by atoms with Crippen molar-refractivity contribution in [3.63, 3.8) is 0 Å². The first kappa shape index (κ1) is 15.9. The van der Waals surface area contributed by atoms with Gasteiger partial charge in [-0.3, -0.25) is 4.79 Å². The van der Waals surface area contributed by atoms with Crippen LogP contribution in [0.25, 0.3) is 0 Å². The molecule has 1 amide bonds. The van der Waals surface area contributed by atoms with E-state index in [9.17, 15) is 9.59 Å². The highest BCUT2D eigenvalue weighted by molar-refractivity contribution is 7.09. The van der Waals surface area contributed by atoms with Crippen molar-refractivity contribution in [2.75, 3.05) is 13.2 Å². The van der Waals surface area contributed by atoms with E-state index >= 15 is 0 Å². The summed E-state index contributed by atoms with van der Waals surface area (Å²) < 4.78 is 5.46. The van der Waals surface area contributed by atoms with Crippen molar-refractivity contribution in [3.8, 4) is 0 Å². The second kappa shape index (κ2) is 7.51. The van der Waals surface area contributed by atoms with E-state index in [1.54, 1.807) is 0 Å². The third-order valence-electron chi connectivity index (χ3n) is 3.50. The minimum Gasteiger partial charge on any atom is -0.476 e. The predicted molar refractivity (Wildman–Crippen MR) is 78.5 cm³/mol. The Hall–Kier alpha value is -1.47. The molecule has 1 fully saturated rings. The van der Waals surface area contributed by atoms with Crippen molar-refractivity contribution >= 4 is 23.2 Å². The zero-order valence-electron chi connectivity index (χ0n) is 12.0. The molecule has 1 aliphatic carbocycles. The molecule has 0 aromatic carbocycles. The van der Waals surface area contributed by atoms with Crippen LogP contribution in [0.15, 0.2) is 5.38 Å². The molecule has 116 valence electrons. The molecule has 0 atom stereocenters. The lowest BCUT2D eigenvalue weighted by molar-refractivity contribution is -0.124. The van der Waals surface area contributed by atoms with E-state index in [2.05, 4.69) is 10.3 Å². The SMILES string of the molecule is CCOC1CC(CC(=O)NCCc2nc(C(=O)O)cs2)C1. The molecule has 1 aromatic rings. The Morgan fingerprint density at radius 1 is 1.52 bits per heavy atom. The fourth-order valence-electron chi connectivity index (χ4n) is 2.38. The summed E-state index contributed by atoms with van der Waals surface area (Å²) in [5.74, 6) is -0.541. The zero-order valence-corrected chi connectivity index (χ0v) is 12.8. The fraction of sp³-hybridized carbons (Fsp3) is 0.643. The quantitative estimate of drug-likeness (QED) is 0.763. The van der Waals surface area contributed by atoms with Crippen LogP contribution in [-0.4, -0.2) is 41.2 Å². The van der Waals surface area contributed by atoms with Gasteiger partial charge >= 0.3 is 5.97 Å². The number of nitrogens with zero attached hydrogens (tertiary/aromatic N) is 1. The highest BCUT2D eigenvalue weighted by atomic mass is 32.1. The maximum Gasteiger partial charge on any atom is 0.355 e. The number of carboxylic acids is 1. The lowest BCUT2D eigenvalue weighted by atomic mass is 9.80. The molecule has 0 bridgehead atoms. The van der Waals surface area contributed by atoms with Gasteiger partial charge in [0.15, 0.2) is 5.69 Å². The van der Waals surface area contributed by atoms with Crippen LogP contribution in [0.2, 0.25) is 0 Å². The van der Waals surface area contributed by atoms with Crippen LogP contribution in [0.1, 0.15) is 41.7 Å². The summed E-state index contributed by atoms with van der Waals surface area (Å²) in [7, 11) is 0. The van der Waals surface area contributed by atoms with Gasteiger partial charge in [-0.2, -0.15) is 0 Å². The molecule has 7 heteroatoms. The van der Waals surface area contributed by atoms with Gasteiger partial charge in [0.1, 0.15) is 0 Å². The van der Waals surface area contributed by atoms with Crippen LogP contribution < -0.4 is 5.32 Å². The van der Waals surface area contributed by atoms with E-state index in [0.717, 1.165) is 24.5 Å². The molecule has 0 aliphatic heterocycles. The Balaban J connectivity index is 1.60. The van der Waals surface area contributed by atoms with E-state index in [1.165, 1.54) is 16.7 Å². The molecule has 1 aromatic heterocycles. The highest BCUT2D eigenvalue weighted by Crippen LogP contribution is 2.32. The van der Waals surface area contributed by atoms with Gasteiger partial charge < -0.3 is 15.2 Å². The van der Waals surface area contributed by atoms with E-state index in [1.807, 2.05) is 6.92 Å². The zero-order chi connectivity index (χ0) is 15.2. The number of carbonyl (C=O) groups is 2. The first-order valence-corrected chi connectivity index (χ1v) is 8.02. The van der Waals surface area contributed by atoms with E-state index in [-0.39, 0.29) is 11.6 Å². The predicted octanol–water partition coefficient (Wildman–Crippen LogP) is 1.71. The summed E-state index contributed by atoms with van der Waals surface area (Å²) in [5.41, 5.74) is 0.0674. The average Bonchev–Trinajstić information content (AvgIpc) is 2.85. The second-order valence-electron chi connectivity index (χ2n) is 5.15. The number of aromatic carboxylic acids is 1. The van der Waals surface area contributed by atoms with Crippen LogP contribution in [-0.2, 0) is 16.0 Å². The number of nitrogens with one attached hydrogen (secondary N) is 1. The Kier molecular flexibility index (Phi) is 5.69. The number of rotatable bonds is 8. The third kappa shape index (κ3) is 4.78. The van der Waals surface area contributed by atoms with Crippen molar-refractivity contribution in [3.05, 3.63) is 16.1 Å². The van der Waals surface area contributed by atoms with Crippen LogP contribution in [0.4, 0.5) is 0 Å². The largest absolute Gasteiger partial charge is 0.476 e. The summed E-state index contributed by atoms with van der Waals surface area (Å²) in [6.07, 6.45) is 3.38. The fourth-order valence-corrected chi connectivity index (χ4v) is 3.15. The van der Waals surface area contributed by atoms with Gasteiger partial charge in [0.05, 0.1) is 11.1 Å². The molecule has 0 saturated heterocycles. The standard InChI is InChI=1S/C14H20N2O4S/c1-2-20-10-5-9(6-10)7-12(17)15-4-3-13-16-11(8-21-13)14(18)19/h8-10H,2-7H2,1H3,(H,15,17)(H,18,19). The maximum atomic E-state index is 11.8. The van der Waals surface area contributed by atoms with Crippen molar-refractivity contribution in [1.82, 2.24) is 10.3 Å². The molecule has 0 spiro atoms. The Morgan fingerprint density at radius 3 is 2.90 bits per heavy atom. The average molecular weight is 312 g/mol. The van der Waals surface area contributed by atoms with E-state index in [0.29, 0.717) is 31.4 Å². The van der Waals surface area contributed by atoms with Gasteiger partial charge in [-0.15, -0.1) is 11.3 Å². The number of ether oxygens (including phenoxy) is 1. The van der Waals surface area contributed by atoms with Gasteiger partial charge in [-0.25, -0.2) is 9.78 Å². The molecule has 0 unspecified atom stereocenters. The van der Waals surface area contributed by atoms with Gasteiger partial charge in [0, 0.05) is 31.4 Å².